The Hall–Kier alpha value is -5.60. The van der Waals surface area contributed by atoms with Crippen LogP contribution in [-0.2, 0) is 0 Å². The molecule has 8 rings (SSSR count). The van der Waals surface area contributed by atoms with Crippen molar-refractivity contribution in [2.45, 2.75) is 0 Å². The maximum atomic E-state index is 4.84. The Balaban J connectivity index is 1.22. The van der Waals surface area contributed by atoms with E-state index in [1.807, 2.05) is 24.7 Å². The Labute approximate surface area is 244 Å². The second-order valence-corrected chi connectivity index (χ2v) is 10.6. The Morgan fingerprint density at radius 1 is 0.333 bits per heavy atom. The number of aromatic nitrogens is 2. The van der Waals surface area contributed by atoms with Gasteiger partial charge in [-0.25, -0.2) is 0 Å². The minimum Gasteiger partial charge on any atom is -0.263 e. The SMILES string of the molecule is c1ccc(-c2c3ccccc3c(-c3ccc(-c4ccc(-c5cncc6ccccc56)nc4)cc3)c3ccccc23)cc1. The highest BCUT2D eigenvalue weighted by atomic mass is 14.7. The van der Waals surface area contributed by atoms with Crippen LogP contribution in [0.25, 0.3) is 77.0 Å². The molecule has 0 aliphatic heterocycles. The van der Waals surface area contributed by atoms with Crippen molar-refractivity contribution in [1.29, 1.82) is 0 Å². The second kappa shape index (κ2) is 10.1. The van der Waals surface area contributed by atoms with Crippen LogP contribution in [0, 0.1) is 0 Å². The summed E-state index contributed by atoms with van der Waals surface area (Å²) >= 11 is 0. The highest BCUT2D eigenvalue weighted by Crippen LogP contribution is 2.43. The van der Waals surface area contributed by atoms with Gasteiger partial charge in [-0.2, -0.15) is 0 Å². The van der Waals surface area contributed by atoms with Gasteiger partial charge >= 0.3 is 0 Å². The normalized spacial score (nSPS) is 11.3. The summed E-state index contributed by atoms with van der Waals surface area (Å²) in [7, 11) is 0. The fourth-order valence-corrected chi connectivity index (χ4v) is 6.23. The first-order valence-corrected chi connectivity index (χ1v) is 14.2. The molecule has 2 aromatic heterocycles. The average Bonchev–Trinajstić information content (AvgIpc) is 3.07. The van der Waals surface area contributed by atoms with E-state index in [0.717, 1.165) is 33.2 Å². The summed E-state index contributed by atoms with van der Waals surface area (Å²) in [6.07, 6.45) is 5.76. The zero-order valence-corrected chi connectivity index (χ0v) is 22.9. The molecule has 6 aromatic carbocycles. The van der Waals surface area contributed by atoms with Crippen LogP contribution in [0.4, 0.5) is 0 Å². The smallest absolute Gasteiger partial charge is 0.0724 e. The molecule has 8 aromatic rings. The highest BCUT2D eigenvalue weighted by Gasteiger charge is 2.16. The van der Waals surface area contributed by atoms with E-state index in [-0.39, 0.29) is 0 Å². The number of benzene rings is 6. The third-order valence-corrected chi connectivity index (χ3v) is 8.21. The molecule has 0 N–H and O–H groups in total. The van der Waals surface area contributed by atoms with Crippen molar-refractivity contribution < 1.29 is 0 Å². The summed E-state index contributed by atoms with van der Waals surface area (Å²) in [5.74, 6) is 0. The first-order chi connectivity index (χ1) is 20.8. The van der Waals surface area contributed by atoms with E-state index in [9.17, 15) is 0 Å². The highest BCUT2D eigenvalue weighted by molar-refractivity contribution is 6.21. The molecule has 2 heterocycles. The van der Waals surface area contributed by atoms with Crippen molar-refractivity contribution in [1.82, 2.24) is 9.97 Å². The zero-order valence-electron chi connectivity index (χ0n) is 22.9. The standard InChI is InChI=1S/C40H26N2/c1-2-10-28(11-3-1)39-33-14-6-8-16-35(33)40(36-17-9-7-15-34(36)39)29-20-18-27(19-21-29)30-22-23-38(42-25-30)37-26-41-24-31-12-4-5-13-32(31)37/h1-26H. The lowest BCUT2D eigenvalue weighted by Gasteiger charge is -2.18. The monoisotopic (exact) mass is 534 g/mol. The molecule has 0 amide bonds. The third kappa shape index (κ3) is 4.05. The Bertz CT molecular complexity index is 2150. The first-order valence-electron chi connectivity index (χ1n) is 14.2. The van der Waals surface area contributed by atoms with Gasteiger partial charge in [-0.1, -0.05) is 133 Å². The largest absolute Gasteiger partial charge is 0.263 e. The summed E-state index contributed by atoms with van der Waals surface area (Å²) in [5.41, 5.74) is 9.21. The number of fused-ring (bicyclic) bond motifs is 3. The zero-order chi connectivity index (χ0) is 27.9. The van der Waals surface area contributed by atoms with Gasteiger partial charge in [0.1, 0.15) is 0 Å². The van der Waals surface area contributed by atoms with Crippen molar-refractivity contribution >= 4 is 32.3 Å². The Kier molecular flexibility index (Phi) is 5.82. The number of rotatable bonds is 4. The summed E-state index contributed by atoms with van der Waals surface area (Å²) < 4.78 is 0. The number of hydrogen-bond acceptors (Lipinski definition) is 2. The Morgan fingerprint density at radius 2 is 0.833 bits per heavy atom. The fraction of sp³-hybridized carbons (Fsp3) is 0. The van der Waals surface area contributed by atoms with Gasteiger partial charge in [0.2, 0.25) is 0 Å². The number of nitrogens with zero attached hydrogens (tertiary/aromatic N) is 2. The van der Waals surface area contributed by atoms with E-state index in [0.29, 0.717) is 0 Å². The molecule has 0 aliphatic rings. The van der Waals surface area contributed by atoms with Gasteiger partial charge in [0.05, 0.1) is 5.69 Å². The molecule has 0 bridgehead atoms. The van der Waals surface area contributed by atoms with Crippen LogP contribution in [0.3, 0.4) is 0 Å². The quantitative estimate of drug-likeness (QED) is 0.210. The molecule has 0 saturated heterocycles. The summed E-state index contributed by atoms with van der Waals surface area (Å²) in [5, 5.41) is 7.34. The molecule has 2 heteroatoms. The molecule has 0 aliphatic carbocycles. The molecular weight excluding hydrogens is 508 g/mol. The van der Waals surface area contributed by atoms with Gasteiger partial charge in [-0.3, -0.25) is 9.97 Å². The molecular formula is C40H26N2. The molecule has 0 atom stereocenters. The van der Waals surface area contributed by atoms with Gasteiger partial charge in [-0.05, 0) is 60.8 Å². The van der Waals surface area contributed by atoms with Crippen LogP contribution in [0.15, 0.2) is 158 Å². The Morgan fingerprint density at radius 3 is 1.43 bits per heavy atom. The van der Waals surface area contributed by atoms with Crippen LogP contribution in [0.5, 0.6) is 0 Å². The molecule has 42 heavy (non-hydrogen) atoms. The summed E-state index contributed by atoms with van der Waals surface area (Å²) in [6.45, 7) is 0. The van der Waals surface area contributed by atoms with E-state index in [4.69, 9.17) is 4.98 Å². The molecule has 0 spiro atoms. The van der Waals surface area contributed by atoms with Gasteiger partial charge < -0.3 is 0 Å². The van der Waals surface area contributed by atoms with Crippen LogP contribution in [-0.4, -0.2) is 9.97 Å². The first kappa shape index (κ1) is 24.2. The van der Waals surface area contributed by atoms with Gasteiger partial charge in [-0.15, -0.1) is 0 Å². The van der Waals surface area contributed by atoms with Crippen LogP contribution < -0.4 is 0 Å². The van der Waals surface area contributed by atoms with Crippen LogP contribution >= 0.6 is 0 Å². The lowest BCUT2D eigenvalue weighted by atomic mass is 9.86. The van der Waals surface area contributed by atoms with Gasteiger partial charge in [0, 0.05) is 35.1 Å². The molecule has 2 nitrogen and oxygen atoms in total. The lowest BCUT2D eigenvalue weighted by Crippen LogP contribution is -1.91. The molecule has 0 unspecified atom stereocenters. The number of hydrogen-bond donors (Lipinski definition) is 0. The van der Waals surface area contributed by atoms with Gasteiger partial charge in [0.15, 0.2) is 0 Å². The molecule has 0 saturated carbocycles. The minimum absolute atomic E-state index is 0.927. The van der Waals surface area contributed by atoms with E-state index < -0.39 is 0 Å². The maximum absolute atomic E-state index is 4.84. The average molecular weight is 535 g/mol. The fourth-order valence-electron chi connectivity index (χ4n) is 6.23. The van der Waals surface area contributed by atoms with Gasteiger partial charge in [0.25, 0.3) is 0 Å². The molecule has 0 fully saturated rings. The minimum atomic E-state index is 0.927. The van der Waals surface area contributed by atoms with Crippen LogP contribution in [0.2, 0.25) is 0 Å². The molecule has 0 radical (unpaired) electrons. The van der Waals surface area contributed by atoms with E-state index in [1.54, 1.807) is 0 Å². The topological polar surface area (TPSA) is 25.8 Å². The second-order valence-electron chi connectivity index (χ2n) is 10.6. The number of pyridine rings is 2. The predicted octanol–water partition coefficient (Wildman–Crippen LogP) is 10.6. The van der Waals surface area contributed by atoms with E-state index in [1.165, 1.54) is 43.8 Å². The maximum Gasteiger partial charge on any atom is 0.0724 e. The summed E-state index contributed by atoms with van der Waals surface area (Å²) in [4.78, 5) is 9.27. The van der Waals surface area contributed by atoms with Crippen molar-refractivity contribution in [2.75, 3.05) is 0 Å². The van der Waals surface area contributed by atoms with Crippen molar-refractivity contribution in [3.63, 3.8) is 0 Å². The van der Waals surface area contributed by atoms with Crippen molar-refractivity contribution in [3.8, 4) is 44.6 Å². The van der Waals surface area contributed by atoms with Crippen LogP contribution in [0.1, 0.15) is 0 Å². The molecule has 196 valence electrons. The van der Waals surface area contributed by atoms with Crippen molar-refractivity contribution in [2.24, 2.45) is 0 Å². The third-order valence-electron chi connectivity index (χ3n) is 8.21. The van der Waals surface area contributed by atoms with E-state index in [2.05, 4.69) is 138 Å². The predicted molar refractivity (Wildman–Crippen MR) is 176 cm³/mol. The summed E-state index contributed by atoms with van der Waals surface area (Å²) in [6, 6.07) is 49.8. The lowest BCUT2D eigenvalue weighted by molar-refractivity contribution is 1.30. The van der Waals surface area contributed by atoms with E-state index >= 15 is 0 Å². The van der Waals surface area contributed by atoms with Crippen molar-refractivity contribution in [3.05, 3.63) is 158 Å².